The molecule has 5 aromatic rings. The molecule has 0 spiro atoms. The molecule has 0 saturated heterocycles. The van der Waals surface area contributed by atoms with Gasteiger partial charge in [0.25, 0.3) is 6.71 Å². The molecule has 0 aromatic heterocycles. The molecule has 196 valence electrons. The number of rotatable bonds is 0. The van der Waals surface area contributed by atoms with Crippen molar-refractivity contribution in [2.45, 2.75) is 42.9 Å². The van der Waals surface area contributed by atoms with Gasteiger partial charge in [-0.3, -0.25) is 0 Å². The van der Waals surface area contributed by atoms with Gasteiger partial charge in [-0.25, -0.2) is 0 Å². The van der Waals surface area contributed by atoms with Crippen molar-refractivity contribution in [3.8, 4) is 0 Å². The zero-order valence-electron chi connectivity index (χ0n) is 24.0. The van der Waals surface area contributed by atoms with Gasteiger partial charge in [0.05, 0.1) is 0 Å². The second-order valence-electron chi connectivity index (χ2n) is 13.5. The molecule has 0 fully saturated rings. The molecule has 5 aliphatic heterocycles. The van der Waals surface area contributed by atoms with E-state index in [9.17, 15) is 0 Å². The average molecular weight is 577 g/mol. The molecule has 5 heterocycles. The quantitative estimate of drug-likeness (QED) is 0.239. The van der Waals surface area contributed by atoms with Gasteiger partial charge < -0.3 is 9.80 Å². The standard InChI is InChI=1S/C35H29BN2SSi2/c1-20-18-23-31-24(19-20)38-22-11-7-9-13-28(22)41(4,5)30-17-15-26-33(35(30)38)36(31)32-25(39-26)14-16-29-34(32)37(23)21-10-6-8-12-27(21)40(29,2)3/h6-19H,1-5H3. The zero-order valence-corrected chi connectivity index (χ0v) is 26.8. The summed E-state index contributed by atoms with van der Waals surface area (Å²) in [7, 11) is -3.80. The normalized spacial score (nSPS) is 18.0. The van der Waals surface area contributed by atoms with Crippen LogP contribution in [-0.2, 0) is 0 Å². The van der Waals surface area contributed by atoms with E-state index in [0.717, 1.165) is 0 Å². The van der Waals surface area contributed by atoms with Crippen LogP contribution in [-0.4, -0.2) is 22.9 Å². The van der Waals surface area contributed by atoms with E-state index in [0.29, 0.717) is 0 Å². The van der Waals surface area contributed by atoms with Gasteiger partial charge in [0, 0.05) is 43.9 Å². The van der Waals surface area contributed by atoms with Gasteiger partial charge in [0.2, 0.25) is 0 Å². The maximum Gasteiger partial charge on any atom is 0.255 e. The van der Waals surface area contributed by atoms with Crippen molar-refractivity contribution < 1.29 is 0 Å². The first kappa shape index (κ1) is 23.1. The lowest BCUT2D eigenvalue weighted by Gasteiger charge is -2.53. The Bertz CT molecular complexity index is 1940. The number of aryl methyl sites for hydroxylation is 1. The summed E-state index contributed by atoms with van der Waals surface area (Å²) in [6, 6.07) is 33.4. The topological polar surface area (TPSA) is 6.48 Å². The van der Waals surface area contributed by atoms with Crippen molar-refractivity contribution >= 4 is 106 Å². The van der Waals surface area contributed by atoms with E-state index in [4.69, 9.17) is 0 Å². The largest absolute Gasteiger partial charge is 0.312 e. The fourth-order valence-corrected chi connectivity index (χ4v) is 15.9. The van der Waals surface area contributed by atoms with Crippen LogP contribution in [0.5, 0.6) is 0 Å². The van der Waals surface area contributed by atoms with Gasteiger partial charge in [-0.15, -0.1) is 0 Å². The third kappa shape index (κ3) is 2.48. The molecule has 0 aliphatic carbocycles. The molecule has 0 bridgehead atoms. The Balaban J connectivity index is 1.42. The molecule has 10 rings (SSSR count). The highest BCUT2D eigenvalue weighted by Gasteiger charge is 2.54. The molecular weight excluding hydrogens is 547 g/mol. The van der Waals surface area contributed by atoms with Crippen LogP contribution in [0.25, 0.3) is 0 Å². The van der Waals surface area contributed by atoms with Crippen molar-refractivity contribution in [1.82, 2.24) is 0 Å². The second-order valence-corrected chi connectivity index (χ2v) is 23.2. The van der Waals surface area contributed by atoms with Crippen molar-refractivity contribution in [2.24, 2.45) is 0 Å². The van der Waals surface area contributed by atoms with E-state index in [2.05, 4.69) is 128 Å². The fourth-order valence-electron chi connectivity index (χ4n) is 8.81. The number of fused-ring (bicyclic) bond motifs is 6. The van der Waals surface area contributed by atoms with Crippen LogP contribution in [0, 0.1) is 6.92 Å². The number of benzene rings is 5. The number of para-hydroxylation sites is 2. The van der Waals surface area contributed by atoms with E-state index >= 15 is 0 Å². The molecule has 5 aromatic carbocycles. The number of nitrogens with zero attached hydrogens (tertiary/aromatic N) is 2. The maximum atomic E-state index is 2.67. The van der Waals surface area contributed by atoms with Crippen LogP contribution >= 0.6 is 11.8 Å². The van der Waals surface area contributed by atoms with Gasteiger partial charge >= 0.3 is 0 Å². The van der Waals surface area contributed by atoms with Gasteiger partial charge in [-0.05, 0) is 86.0 Å². The van der Waals surface area contributed by atoms with Crippen LogP contribution in [0.1, 0.15) is 5.56 Å². The van der Waals surface area contributed by atoms with Crippen LogP contribution in [0.15, 0.2) is 94.7 Å². The SMILES string of the molecule is Cc1cc2c3c(c1)N1c4ccccc4[Si](C)(C)c4ccc5c(c41)B3c1c(ccc3c1N2c1ccccc1[Si]3(C)C)S5. The first-order chi connectivity index (χ1) is 19.8. The summed E-state index contributed by atoms with van der Waals surface area (Å²) in [5.41, 5.74) is 14.4. The molecule has 41 heavy (non-hydrogen) atoms. The highest BCUT2D eigenvalue weighted by molar-refractivity contribution is 8.00. The summed E-state index contributed by atoms with van der Waals surface area (Å²) in [4.78, 5) is 8.21. The predicted octanol–water partition coefficient (Wildman–Crippen LogP) is 4.81. The molecular formula is C35H29BN2SSi2. The molecule has 6 heteroatoms. The van der Waals surface area contributed by atoms with Gasteiger partial charge in [0.15, 0.2) is 0 Å². The molecule has 2 nitrogen and oxygen atoms in total. The Morgan fingerprint density at radius 1 is 0.537 bits per heavy atom. The van der Waals surface area contributed by atoms with E-state index in [1.807, 2.05) is 11.8 Å². The smallest absolute Gasteiger partial charge is 0.255 e. The van der Waals surface area contributed by atoms with E-state index < -0.39 is 16.1 Å². The van der Waals surface area contributed by atoms with Gasteiger partial charge in [-0.2, -0.15) is 0 Å². The summed E-state index contributed by atoms with van der Waals surface area (Å²) in [5, 5.41) is 6.25. The lowest BCUT2D eigenvalue weighted by Crippen LogP contribution is -2.71. The van der Waals surface area contributed by atoms with Gasteiger partial charge in [-0.1, -0.05) is 86.5 Å². The molecule has 0 atom stereocenters. The van der Waals surface area contributed by atoms with Crippen LogP contribution < -0.4 is 46.9 Å². The minimum atomic E-state index is -1.90. The highest BCUT2D eigenvalue weighted by atomic mass is 32.2. The van der Waals surface area contributed by atoms with Crippen molar-refractivity contribution in [3.63, 3.8) is 0 Å². The minimum Gasteiger partial charge on any atom is -0.312 e. The number of hydrogen-bond acceptors (Lipinski definition) is 3. The van der Waals surface area contributed by atoms with Crippen LogP contribution in [0.4, 0.5) is 34.1 Å². The third-order valence-electron chi connectivity index (χ3n) is 10.6. The summed E-state index contributed by atoms with van der Waals surface area (Å²) in [6.45, 7) is 12.8. The molecule has 0 unspecified atom stereocenters. The Kier molecular flexibility index (Phi) is 4.02. The maximum absolute atomic E-state index is 2.67. The summed E-state index contributed by atoms with van der Waals surface area (Å²) in [5.74, 6) is 0. The molecule has 0 amide bonds. The fraction of sp³-hybridized carbons (Fsp3) is 0.143. The lowest BCUT2D eigenvalue weighted by molar-refractivity contribution is 1.22. The Morgan fingerprint density at radius 2 is 1.00 bits per heavy atom. The molecule has 5 aliphatic rings. The van der Waals surface area contributed by atoms with E-state index in [1.54, 1.807) is 31.7 Å². The van der Waals surface area contributed by atoms with Crippen LogP contribution in [0.3, 0.4) is 0 Å². The first-order valence-electron chi connectivity index (χ1n) is 14.7. The van der Waals surface area contributed by atoms with Crippen molar-refractivity contribution in [3.05, 3.63) is 90.5 Å². The molecule has 0 saturated carbocycles. The van der Waals surface area contributed by atoms with Crippen LogP contribution in [0.2, 0.25) is 26.2 Å². The predicted molar refractivity (Wildman–Crippen MR) is 183 cm³/mol. The number of anilines is 6. The molecule has 0 N–H and O–H groups in total. The highest BCUT2D eigenvalue weighted by Crippen LogP contribution is 2.50. The Morgan fingerprint density at radius 3 is 1.49 bits per heavy atom. The summed E-state index contributed by atoms with van der Waals surface area (Å²) < 4.78 is 0. The van der Waals surface area contributed by atoms with E-state index in [-0.39, 0.29) is 6.71 Å². The summed E-state index contributed by atoms with van der Waals surface area (Å²) in [6.07, 6.45) is 0. The Labute approximate surface area is 248 Å². The second kappa shape index (κ2) is 7.12. The average Bonchev–Trinajstić information content (AvgIpc) is 2.96. The van der Waals surface area contributed by atoms with Gasteiger partial charge in [0.1, 0.15) is 16.1 Å². The monoisotopic (exact) mass is 576 g/mol. The first-order valence-corrected chi connectivity index (χ1v) is 21.6. The lowest BCUT2D eigenvalue weighted by atomic mass is 9.33. The minimum absolute atomic E-state index is 0.273. The van der Waals surface area contributed by atoms with Crippen molar-refractivity contribution in [2.75, 3.05) is 9.80 Å². The Hall–Kier alpha value is -3.45. The molecule has 0 radical (unpaired) electrons. The summed E-state index contributed by atoms with van der Waals surface area (Å²) >= 11 is 2.00. The third-order valence-corrected chi connectivity index (χ3v) is 18.8. The number of hydrogen-bond donors (Lipinski definition) is 0. The van der Waals surface area contributed by atoms with E-state index in [1.165, 1.54) is 54.9 Å². The zero-order chi connectivity index (χ0) is 27.6. The van der Waals surface area contributed by atoms with Crippen molar-refractivity contribution in [1.29, 1.82) is 0 Å².